The molecule has 2 nitrogen and oxygen atoms in total. The van der Waals surface area contributed by atoms with Crippen LogP contribution >= 0.6 is 27.5 Å². The van der Waals surface area contributed by atoms with E-state index in [1.165, 1.54) is 6.07 Å². The summed E-state index contributed by atoms with van der Waals surface area (Å²) in [4.78, 5) is 0. The number of hydrogen-bond donors (Lipinski definition) is 2. The summed E-state index contributed by atoms with van der Waals surface area (Å²) in [6.45, 7) is 1.82. The zero-order chi connectivity index (χ0) is 13.3. The lowest BCUT2D eigenvalue weighted by Crippen LogP contribution is -1.98. The summed E-state index contributed by atoms with van der Waals surface area (Å²) < 4.78 is 13.7. The standard InChI is InChI=1S/C13H11BrClFN2/c1-7-4-10(16)9(14)6-13(7)18-12-3-2-8(15)5-11(12)17/h2-6,18H,17H2,1H3. The second-order valence-electron chi connectivity index (χ2n) is 3.94. The first-order valence-electron chi connectivity index (χ1n) is 5.25. The molecular weight excluding hydrogens is 319 g/mol. The molecule has 0 unspecified atom stereocenters. The lowest BCUT2D eigenvalue weighted by Gasteiger charge is -2.12. The molecule has 18 heavy (non-hydrogen) atoms. The zero-order valence-electron chi connectivity index (χ0n) is 9.60. The molecule has 0 fully saturated rings. The number of halogens is 3. The van der Waals surface area contributed by atoms with Crippen molar-refractivity contribution in [2.45, 2.75) is 6.92 Å². The maximum Gasteiger partial charge on any atom is 0.137 e. The normalized spacial score (nSPS) is 10.4. The van der Waals surface area contributed by atoms with E-state index in [9.17, 15) is 4.39 Å². The van der Waals surface area contributed by atoms with E-state index in [0.29, 0.717) is 15.2 Å². The fraction of sp³-hybridized carbons (Fsp3) is 0.0769. The Morgan fingerprint density at radius 1 is 1.22 bits per heavy atom. The Labute approximate surface area is 118 Å². The minimum atomic E-state index is -0.290. The van der Waals surface area contributed by atoms with E-state index in [2.05, 4.69) is 21.2 Å². The first kappa shape index (κ1) is 13.2. The highest BCUT2D eigenvalue weighted by molar-refractivity contribution is 9.10. The number of nitrogens with one attached hydrogen (secondary N) is 1. The molecule has 5 heteroatoms. The van der Waals surface area contributed by atoms with Crippen molar-refractivity contribution in [1.82, 2.24) is 0 Å². The number of aryl methyl sites for hydroxylation is 1. The molecule has 0 atom stereocenters. The first-order valence-corrected chi connectivity index (χ1v) is 6.42. The molecule has 0 bridgehead atoms. The number of benzene rings is 2. The molecule has 0 spiro atoms. The van der Waals surface area contributed by atoms with Crippen molar-refractivity contribution in [1.29, 1.82) is 0 Å². The highest BCUT2D eigenvalue weighted by Gasteiger charge is 2.07. The molecule has 2 rings (SSSR count). The van der Waals surface area contributed by atoms with Gasteiger partial charge in [-0.2, -0.15) is 0 Å². The highest BCUT2D eigenvalue weighted by Crippen LogP contribution is 2.30. The van der Waals surface area contributed by atoms with Gasteiger partial charge in [-0.25, -0.2) is 4.39 Å². The van der Waals surface area contributed by atoms with Crippen molar-refractivity contribution in [3.63, 3.8) is 0 Å². The molecule has 0 saturated heterocycles. The minimum absolute atomic E-state index is 0.290. The topological polar surface area (TPSA) is 38.0 Å². The van der Waals surface area contributed by atoms with Crippen LogP contribution in [0.1, 0.15) is 5.56 Å². The highest BCUT2D eigenvalue weighted by atomic mass is 79.9. The maximum absolute atomic E-state index is 13.3. The third-order valence-corrected chi connectivity index (χ3v) is 3.39. The van der Waals surface area contributed by atoms with Crippen LogP contribution in [0.5, 0.6) is 0 Å². The van der Waals surface area contributed by atoms with Gasteiger partial charge in [0, 0.05) is 10.7 Å². The molecule has 0 amide bonds. The van der Waals surface area contributed by atoms with Crippen LogP contribution in [0.2, 0.25) is 5.02 Å². The smallest absolute Gasteiger partial charge is 0.137 e. The van der Waals surface area contributed by atoms with E-state index in [1.54, 1.807) is 24.3 Å². The molecule has 0 aliphatic heterocycles. The Morgan fingerprint density at radius 3 is 2.61 bits per heavy atom. The third-order valence-electron chi connectivity index (χ3n) is 2.55. The quantitative estimate of drug-likeness (QED) is 0.771. The molecule has 2 aromatic rings. The van der Waals surface area contributed by atoms with E-state index >= 15 is 0 Å². The Balaban J connectivity index is 2.37. The molecule has 2 aromatic carbocycles. The Bertz CT molecular complexity index is 602. The van der Waals surface area contributed by atoms with Crippen molar-refractivity contribution in [2.75, 3.05) is 11.1 Å². The average Bonchev–Trinajstić information content (AvgIpc) is 2.29. The number of anilines is 3. The Morgan fingerprint density at radius 2 is 1.94 bits per heavy atom. The average molecular weight is 330 g/mol. The van der Waals surface area contributed by atoms with E-state index in [1.807, 2.05) is 6.92 Å². The fourth-order valence-corrected chi connectivity index (χ4v) is 2.10. The van der Waals surface area contributed by atoms with Crippen LogP contribution < -0.4 is 11.1 Å². The first-order chi connectivity index (χ1) is 8.47. The number of nitrogens with two attached hydrogens (primary N) is 1. The van der Waals surface area contributed by atoms with Crippen LogP contribution in [-0.4, -0.2) is 0 Å². The van der Waals surface area contributed by atoms with Crippen molar-refractivity contribution in [3.05, 3.63) is 51.2 Å². The lowest BCUT2D eigenvalue weighted by atomic mass is 10.2. The van der Waals surface area contributed by atoms with Crippen LogP contribution in [0.25, 0.3) is 0 Å². The third kappa shape index (κ3) is 2.76. The van der Waals surface area contributed by atoms with E-state index in [4.69, 9.17) is 17.3 Å². The second-order valence-corrected chi connectivity index (χ2v) is 5.23. The van der Waals surface area contributed by atoms with Gasteiger partial charge in [0.15, 0.2) is 0 Å². The summed E-state index contributed by atoms with van der Waals surface area (Å²) in [6.07, 6.45) is 0. The molecule has 0 aromatic heterocycles. The van der Waals surface area contributed by atoms with Gasteiger partial charge in [-0.05, 0) is 58.7 Å². The van der Waals surface area contributed by atoms with Gasteiger partial charge >= 0.3 is 0 Å². The maximum atomic E-state index is 13.3. The lowest BCUT2D eigenvalue weighted by molar-refractivity contribution is 0.620. The summed E-state index contributed by atoms with van der Waals surface area (Å²) in [5.41, 5.74) is 8.72. The number of rotatable bonds is 2. The molecule has 3 N–H and O–H groups in total. The van der Waals surface area contributed by atoms with Gasteiger partial charge in [-0.15, -0.1) is 0 Å². The molecule has 0 radical (unpaired) electrons. The van der Waals surface area contributed by atoms with Crippen molar-refractivity contribution >= 4 is 44.6 Å². The summed E-state index contributed by atoms with van der Waals surface area (Å²) in [6, 6.07) is 8.33. The van der Waals surface area contributed by atoms with Crippen molar-refractivity contribution in [2.24, 2.45) is 0 Å². The van der Waals surface area contributed by atoms with Crippen LogP contribution in [-0.2, 0) is 0 Å². The SMILES string of the molecule is Cc1cc(F)c(Br)cc1Nc1ccc(Cl)cc1N. The molecule has 94 valence electrons. The van der Waals surface area contributed by atoms with E-state index in [0.717, 1.165) is 16.9 Å². The summed E-state index contributed by atoms with van der Waals surface area (Å²) >= 11 is 8.99. The zero-order valence-corrected chi connectivity index (χ0v) is 11.9. The monoisotopic (exact) mass is 328 g/mol. The van der Waals surface area contributed by atoms with Gasteiger partial charge in [-0.3, -0.25) is 0 Å². The second kappa shape index (κ2) is 5.16. The molecule has 0 aliphatic carbocycles. The van der Waals surface area contributed by atoms with Crippen LogP contribution in [0, 0.1) is 12.7 Å². The van der Waals surface area contributed by atoms with Gasteiger partial charge in [-0.1, -0.05) is 11.6 Å². The predicted octanol–water partition coefficient (Wildman–Crippen LogP) is 4.88. The predicted molar refractivity (Wildman–Crippen MR) is 78.0 cm³/mol. The van der Waals surface area contributed by atoms with Gasteiger partial charge in [0.05, 0.1) is 15.8 Å². The molecule has 0 aliphatic rings. The number of nitrogen functional groups attached to an aromatic ring is 1. The Kier molecular flexibility index (Phi) is 3.78. The summed E-state index contributed by atoms with van der Waals surface area (Å²) in [5, 5.41) is 3.73. The van der Waals surface area contributed by atoms with Gasteiger partial charge in [0.2, 0.25) is 0 Å². The summed E-state index contributed by atoms with van der Waals surface area (Å²) in [5.74, 6) is -0.290. The largest absolute Gasteiger partial charge is 0.397 e. The Hall–Kier alpha value is -1.26. The van der Waals surface area contributed by atoms with Crippen molar-refractivity contribution in [3.8, 4) is 0 Å². The van der Waals surface area contributed by atoms with Gasteiger partial charge in [0.25, 0.3) is 0 Å². The molecular formula is C13H11BrClFN2. The van der Waals surface area contributed by atoms with E-state index < -0.39 is 0 Å². The fourth-order valence-electron chi connectivity index (χ4n) is 1.57. The van der Waals surface area contributed by atoms with Crippen LogP contribution in [0.15, 0.2) is 34.8 Å². The van der Waals surface area contributed by atoms with Gasteiger partial charge in [0.1, 0.15) is 5.82 Å². The van der Waals surface area contributed by atoms with E-state index in [-0.39, 0.29) is 5.82 Å². The van der Waals surface area contributed by atoms with Crippen LogP contribution in [0.3, 0.4) is 0 Å². The summed E-state index contributed by atoms with van der Waals surface area (Å²) in [7, 11) is 0. The minimum Gasteiger partial charge on any atom is -0.397 e. The molecule has 0 heterocycles. The van der Waals surface area contributed by atoms with Crippen LogP contribution in [0.4, 0.5) is 21.5 Å². The molecule has 0 saturated carbocycles. The van der Waals surface area contributed by atoms with Crippen molar-refractivity contribution < 1.29 is 4.39 Å². The van der Waals surface area contributed by atoms with Gasteiger partial charge < -0.3 is 11.1 Å². The number of hydrogen-bond acceptors (Lipinski definition) is 2.